The van der Waals surface area contributed by atoms with Crippen LogP contribution in [-0.2, 0) is 19.9 Å². The molecule has 3 fully saturated rings. The largest absolute Gasteiger partial charge is 0.324 e. The molecule has 0 aliphatic carbocycles. The van der Waals surface area contributed by atoms with Gasteiger partial charge in [0.05, 0.1) is 17.5 Å². The summed E-state index contributed by atoms with van der Waals surface area (Å²) in [6, 6.07) is 8.99. The van der Waals surface area contributed by atoms with E-state index in [2.05, 4.69) is 5.32 Å². The molecule has 2 aromatic carbocycles. The molecule has 6 rings (SSSR count). The minimum Gasteiger partial charge on any atom is -0.324 e. The lowest BCUT2D eigenvalue weighted by atomic mass is 9.75. The molecule has 0 aromatic heterocycles. The summed E-state index contributed by atoms with van der Waals surface area (Å²) >= 11 is 6.26. The molecule has 3 amide bonds. The summed E-state index contributed by atoms with van der Waals surface area (Å²) in [5.74, 6) is -3.15. The van der Waals surface area contributed by atoms with Gasteiger partial charge in [-0.1, -0.05) is 17.7 Å². The normalized spacial score (nSPS) is 31.4. The highest BCUT2D eigenvalue weighted by atomic mass is 35.5. The number of hydrogen-bond acceptors (Lipinski definition) is 4. The highest BCUT2D eigenvalue weighted by molar-refractivity contribution is 6.32. The Hall–Kier alpha value is -2.77. The third-order valence-corrected chi connectivity index (χ3v) is 7.84. The fraction of sp³-hybridized carbons (Fsp3) is 0.348. The fourth-order valence-electron chi connectivity index (χ4n) is 6.25. The maximum atomic E-state index is 14.3. The van der Waals surface area contributed by atoms with Gasteiger partial charge < -0.3 is 5.32 Å². The average molecular weight is 440 g/mol. The summed E-state index contributed by atoms with van der Waals surface area (Å²) in [4.78, 5) is 44.2. The first kappa shape index (κ1) is 19.0. The molecule has 4 aliphatic rings. The van der Waals surface area contributed by atoms with Gasteiger partial charge in [0, 0.05) is 22.3 Å². The number of nitrogens with zero attached hydrogens (tertiary/aromatic N) is 2. The van der Waals surface area contributed by atoms with Crippen LogP contribution in [-0.4, -0.2) is 35.2 Å². The van der Waals surface area contributed by atoms with Gasteiger partial charge >= 0.3 is 0 Å². The molecule has 0 radical (unpaired) electrons. The second-order valence-electron chi connectivity index (χ2n) is 8.71. The van der Waals surface area contributed by atoms with Crippen LogP contribution in [0.4, 0.5) is 15.8 Å². The predicted octanol–water partition coefficient (Wildman–Crippen LogP) is 3.22. The van der Waals surface area contributed by atoms with Crippen LogP contribution >= 0.6 is 11.6 Å². The van der Waals surface area contributed by atoms with Crippen LogP contribution in [0.3, 0.4) is 0 Å². The van der Waals surface area contributed by atoms with Crippen molar-refractivity contribution in [2.45, 2.75) is 31.3 Å². The van der Waals surface area contributed by atoms with Crippen LogP contribution in [0.1, 0.15) is 24.0 Å². The number of benzene rings is 2. The first-order valence-electron chi connectivity index (χ1n) is 10.4. The van der Waals surface area contributed by atoms with E-state index in [0.29, 0.717) is 40.5 Å². The van der Waals surface area contributed by atoms with E-state index in [-0.39, 0.29) is 17.9 Å². The Labute approximate surface area is 183 Å². The average Bonchev–Trinajstić information content (AvgIpc) is 3.43. The van der Waals surface area contributed by atoms with Gasteiger partial charge in [0.25, 0.3) is 0 Å². The zero-order chi connectivity index (χ0) is 21.7. The molecule has 31 heavy (non-hydrogen) atoms. The van der Waals surface area contributed by atoms with Crippen molar-refractivity contribution in [3.05, 3.63) is 58.4 Å². The number of carbonyl (C=O) groups is 3. The molecule has 1 spiro atoms. The van der Waals surface area contributed by atoms with Gasteiger partial charge in [0.1, 0.15) is 11.4 Å². The summed E-state index contributed by atoms with van der Waals surface area (Å²) in [7, 11) is 0. The second-order valence-corrected chi connectivity index (χ2v) is 9.12. The number of fused-ring (bicyclic) bond motifs is 7. The third-order valence-electron chi connectivity index (χ3n) is 7.43. The maximum Gasteiger partial charge on any atom is 0.250 e. The zero-order valence-electron chi connectivity index (χ0n) is 16.7. The SMILES string of the molecule is Cc1c(Cl)cccc1N1C(=O)[C@H]2[C@@H](C1=O)[C@@]1(C(=O)Nc3ccc(F)cc31)N1CCC[C@@H]21. The van der Waals surface area contributed by atoms with Gasteiger partial charge in [0.15, 0.2) is 0 Å². The molecule has 158 valence electrons. The number of amides is 3. The van der Waals surface area contributed by atoms with E-state index in [0.717, 1.165) is 6.42 Å². The smallest absolute Gasteiger partial charge is 0.250 e. The van der Waals surface area contributed by atoms with Crippen molar-refractivity contribution in [2.24, 2.45) is 11.8 Å². The third kappa shape index (κ3) is 2.13. The molecule has 2 aromatic rings. The van der Waals surface area contributed by atoms with Gasteiger partial charge in [0.2, 0.25) is 17.7 Å². The fourth-order valence-corrected chi connectivity index (χ4v) is 6.42. The minimum absolute atomic E-state index is 0.245. The van der Waals surface area contributed by atoms with Crippen molar-refractivity contribution in [1.82, 2.24) is 4.90 Å². The Morgan fingerprint density at radius 2 is 1.97 bits per heavy atom. The van der Waals surface area contributed by atoms with Crippen molar-refractivity contribution in [1.29, 1.82) is 0 Å². The van der Waals surface area contributed by atoms with E-state index >= 15 is 0 Å². The topological polar surface area (TPSA) is 69.7 Å². The summed E-state index contributed by atoms with van der Waals surface area (Å²) in [6.45, 7) is 2.34. The Morgan fingerprint density at radius 1 is 1.16 bits per heavy atom. The molecule has 4 atom stereocenters. The number of hydrogen-bond donors (Lipinski definition) is 1. The summed E-state index contributed by atoms with van der Waals surface area (Å²) in [6.07, 6.45) is 1.52. The van der Waals surface area contributed by atoms with Gasteiger partial charge in [-0.05, 0) is 62.2 Å². The van der Waals surface area contributed by atoms with E-state index in [1.54, 1.807) is 25.1 Å². The van der Waals surface area contributed by atoms with E-state index < -0.39 is 29.1 Å². The molecule has 0 saturated carbocycles. The van der Waals surface area contributed by atoms with Gasteiger partial charge in [-0.3, -0.25) is 19.3 Å². The summed E-state index contributed by atoms with van der Waals surface area (Å²) < 4.78 is 14.3. The summed E-state index contributed by atoms with van der Waals surface area (Å²) in [5, 5.41) is 3.30. The Kier molecular flexibility index (Phi) is 3.76. The van der Waals surface area contributed by atoms with Crippen LogP contribution in [0, 0.1) is 24.6 Å². The van der Waals surface area contributed by atoms with Gasteiger partial charge in [-0.15, -0.1) is 0 Å². The molecule has 6 nitrogen and oxygen atoms in total. The molecule has 8 heteroatoms. The molecule has 4 heterocycles. The highest BCUT2D eigenvalue weighted by Gasteiger charge is 2.74. The quantitative estimate of drug-likeness (QED) is 0.693. The number of carbonyl (C=O) groups excluding carboxylic acids is 3. The molecule has 1 N–H and O–H groups in total. The molecule has 0 unspecified atom stereocenters. The van der Waals surface area contributed by atoms with Gasteiger partial charge in [-0.25, -0.2) is 9.29 Å². The molecular formula is C23H19ClFN3O3. The van der Waals surface area contributed by atoms with Gasteiger partial charge in [-0.2, -0.15) is 0 Å². The number of nitrogens with one attached hydrogen (secondary N) is 1. The number of anilines is 2. The monoisotopic (exact) mass is 439 g/mol. The Bertz CT molecular complexity index is 1200. The lowest BCUT2D eigenvalue weighted by Crippen LogP contribution is -2.54. The van der Waals surface area contributed by atoms with Crippen LogP contribution in [0.5, 0.6) is 0 Å². The molecule has 0 bridgehead atoms. The lowest BCUT2D eigenvalue weighted by molar-refractivity contribution is -0.135. The maximum absolute atomic E-state index is 14.3. The number of halogens is 2. The van der Waals surface area contributed by atoms with Crippen molar-refractivity contribution in [2.75, 3.05) is 16.8 Å². The molecule has 3 saturated heterocycles. The number of imide groups is 1. The van der Waals surface area contributed by atoms with Crippen molar-refractivity contribution in [3.8, 4) is 0 Å². The van der Waals surface area contributed by atoms with Crippen LogP contribution in [0.2, 0.25) is 5.02 Å². The molecule has 4 aliphatic heterocycles. The predicted molar refractivity (Wildman–Crippen MR) is 112 cm³/mol. The second kappa shape index (κ2) is 6.14. The van der Waals surface area contributed by atoms with Crippen molar-refractivity contribution >= 4 is 40.7 Å². The summed E-state index contributed by atoms with van der Waals surface area (Å²) in [5.41, 5.74) is 0.634. The van der Waals surface area contributed by atoms with Crippen LogP contribution < -0.4 is 10.2 Å². The van der Waals surface area contributed by atoms with Crippen LogP contribution in [0.15, 0.2) is 36.4 Å². The van der Waals surface area contributed by atoms with Crippen molar-refractivity contribution < 1.29 is 18.8 Å². The number of rotatable bonds is 1. The van der Waals surface area contributed by atoms with E-state index in [4.69, 9.17) is 11.6 Å². The Morgan fingerprint density at radius 3 is 2.77 bits per heavy atom. The van der Waals surface area contributed by atoms with Crippen molar-refractivity contribution in [3.63, 3.8) is 0 Å². The van der Waals surface area contributed by atoms with Crippen LogP contribution in [0.25, 0.3) is 0 Å². The van der Waals surface area contributed by atoms with E-state index in [9.17, 15) is 18.8 Å². The van der Waals surface area contributed by atoms with E-state index in [1.165, 1.54) is 23.1 Å². The zero-order valence-corrected chi connectivity index (χ0v) is 17.4. The first-order chi connectivity index (χ1) is 14.9. The standard InChI is InChI=1S/C23H19ClFN3O3/c1-11-14(24)4-2-5-16(11)28-20(29)18-17-6-3-9-27(17)23(19(18)21(28)30)13-10-12(25)7-8-15(13)26-22(23)31/h2,4-5,7-8,10,17-19H,3,6,9H2,1H3,(H,26,31)/t17-,18+,19-,23-/m0/s1. The highest BCUT2D eigenvalue weighted by Crippen LogP contribution is 2.60. The van der Waals surface area contributed by atoms with E-state index in [1.807, 2.05) is 4.90 Å². The lowest BCUT2D eigenvalue weighted by Gasteiger charge is -2.36. The Balaban J connectivity index is 1.58. The first-order valence-corrected chi connectivity index (χ1v) is 10.8. The minimum atomic E-state index is -1.38. The molecular weight excluding hydrogens is 421 g/mol.